The molecule has 0 N–H and O–H groups in total. The van der Waals surface area contributed by atoms with Gasteiger partial charge in [-0.25, -0.2) is 8.78 Å². The van der Waals surface area contributed by atoms with Crippen molar-refractivity contribution in [1.29, 1.82) is 0 Å². The van der Waals surface area contributed by atoms with E-state index in [2.05, 4.69) is 0 Å². The quantitative estimate of drug-likeness (QED) is 0.401. The van der Waals surface area contributed by atoms with Crippen LogP contribution in [0, 0.1) is 16.8 Å². The second-order valence-electron chi connectivity index (χ2n) is 4.97. The van der Waals surface area contributed by atoms with Gasteiger partial charge in [-0.15, -0.1) is 0 Å². The van der Waals surface area contributed by atoms with Crippen molar-refractivity contribution in [3.63, 3.8) is 0 Å². The minimum atomic E-state index is -0.324. The SMILES string of the molecule is [O-][n+]1ccccc1SC(c1ccc(F)cc1)c1ccc(F)cc1. The molecule has 0 aliphatic heterocycles. The molecule has 1 aromatic heterocycles. The molecule has 0 amide bonds. The van der Waals surface area contributed by atoms with Crippen LogP contribution >= 0.6 is 11.8 Å². The first-order valence-electron chi connectivity index (χ1n) is 6.99. The van der Waals surface area contributed by atoms with Crippen LogP contribution in [-0.4, -0.2) is 0 Å². The molecule has 3 rings (SSSR count). The average Bonchev–Trinajstić information content (AvgIpc) is 2.56. The first-order valence-corrected chi connectivity index (χ1v) is 7.87. The molecule has 0 unspecified atom stereocenters. The molecule has 1 heterocycles. The van der Waals surface area contributed by atoms with Crippen molar-refractivity contribution >= 4 is 11.8 Å². The average molecular weight is 329 g/mol. The van der Waals surface area contributed by atoms with E-state index in [1.165, 1.54) is 42.2 Å². The summed E-state index contributed by atoms with van der Waals surface area (Å²) >= 11 is 1.34. The maximum Gasteiger partial charge on any atom is 0.252 e. The third kappa shape index (κ3) is 3.68. The van der Waals surface area contributed by atoms with Gasteiger partial charge >= 0.3 is 0 Å². The number of pyridine rings is 1. The van der Waals surface area contributed by atoms with Gasteiger partial charge in [-0.3, -0.25) is 0 Å². The highest BCUT2D eigenvalue weighted by Gasteiger charge is 2.20. The Labute approximate surface area is 137 Å². The summed E-state index contributed by atoms with van der Waals surface area (Å²) in [4.78, 5) is 0. The van der Waals surface area contributed by atoms with Gasteiger partial charge in [0.15, 0.2) is 6.20 Å². The maximum absolute atomic E-state index is 13.2. The van der Waals surface area contributed by atoms with Crippen LogP contribution in [0.2, 0.25) is 0 Å². The summed E-state index contributed by atoms with van der Waals surface area (Å²) in [6, 6.07) is 17.4. The second kappa shape index (κ2) is 6.79. The van der Waals surface area contributed by atoms with Gasteiger partial charge in [0.2, 0.25) is 0 Å². The highest BCUT2D eigenvalue weighted by atomic mass is 32.2. The van der Waals surface area contributed by atoms with E-state index in [9.17, 15) is 14.0 Å². The Morgan fingerprint density at radius 3 is 1.78 bits per heavy atom. The van der Waals surface area contributed by atoms with Crippen LogP contribution in [0.15, 0.2) is 78.0 Å². The van der Waals surface area contributed by atoms with Crippen molar-refractivity contribution in [1.82, 2.24) is 0 Å². The van der Waals surface area contributed by atoms with Crippen molar-refractivity contribution in [2.75, 3.05) is 0 Å². The van der Waals surface area contributed by atoms with Gasteiger partial charge in [0.05, 0.1) is 5.25 Å². The van der Waals surface area contributed by atoms with E-state index in [1.54, 1.807) is 42.5 Å². The molecule has 0 atom stereocenters. The summed E-state index contributed by atoms with van der Waals surface area (Å²) in [6.45, 7) is 0. The van der Waals surface area contributed by atoms with E-state index in [4.69, 9.17) is 0 Å². The predicted molar refractivity (Wildman–Crippen MR) is 85.9 cm³/mol. The van der Waals surface area contributed by atoms with Crippen LogP contribution < -0.4 is 4.73 Å². The second-order valence-corrected chi connectivity index (χ2v) is 6.09. The Morgan fingerprint density at radius 2 is 1.30 bits per heavy atom. The monoisotopic (exact) mass is 329 g/mol. The lowest BCUT2D eigenvalue weighted by Gasteiger charge is -2.17. The molecule has 23 heavy (non-hydrogen) atoms. The molecular weight excluding hydrogens is 316 g/mol. The molecule has 116 valence electrons. The molecule has 0 saturated heterocycles. The molecule has 0 saturated carbocycles. The number of thioether (sulfide) groups is 1. The summed E-state index contributed by atoms with van der Waals surface area (Å²) < 4.78 is 27.2. The number of hydrogen-bond acceptors (Lipinski definition) is 2. The molecule has 3 aromatic rings. The number of halogens is 2. The van der Waals surface area contributed by atoms with Gasteiger partial charge in [-0.05, 0) is 53.2 Å². The van der Waals surface area contributed by atoms with E-state index in [0.717, 1.165) is 15.9 Å². The lowest BCUT2D eigenvalue weighted by molar-refractivity contribution is -0.645. The normalized spacial score (nSPS) is 10.9. The van der Waals surface area contributed by atoms with Crippen molar-refractivity contribution in [3.05, 3.63) is 101 Å². The van der Waals surface area contributed by atoms with Gasteiger partial charge in [-0.1, -0.05) is 24.3 Å². The van der Waals surface area contributed by atoms with Crippen LogP contribution in [0.5, 0.6) is 0 Å². The molecule has 0 bridgehead atoms. The number of rotatable bonds is 4. The topological polar surface area (TPSA) is 26.9 Å². The molecule has 0 radical (unpaired) electrons. The number of aromatic nitrogens is 1. The lowest BCUT2D eigenvalue weighted by atomic mass is 10.0. The van der Waals surface area contributed by atoms with Crippen LogP contribution in [0.4, 0.5) is 8.78 Å². The van der Waals surface area contributed by atoms with Crippen LogP contribution in [0.1, 0.15) is 16.4 Å². The largest absolute Gasteiger partial charge is 0.618 e. The van der Waals surface area contributed by atoms with E-state index < -0.39 is 0 Å². The minimum Gasteiger partial charge on any atom is -0.618 e. The summed E-state index contributed by atoms with van der Waals surface area (Å²) in [7, 11) is 0. The number of benzene rings is 2. The Kier molecular flexibility index (Phi) is 4.57. The lowest BCUT2D eigenvalue weighted by Crippen LogP contribution is -2.28. The van der Waals surface area contributed by atoms with Crippen molar-refractivity contribution in [2.24, 2.45) is 0 Å². The summed E-state index contributed by atoms with van der Waals surface area (Å²) in [5.41, 5.74) is 1.68. The number of hydrogen-bond donors (Lipinski definition) is 0. The summed E-state index contributed by atoms with van der Waals surface area (Å²) in [6.07, 6.45) is 1.43. The molecular formula is C18H13F2NOS. The Morgan fingerprint density at radius 1 is 0.783 bits per heavy atom. The fraction of sp³-hybridized carbons (Fsp3) is 0.0556. The van der Waals surface area contributed by atoms with Crippen molar-refractivity contribution in [3.8, 4) is 0 Å². The zero-order valence-corrected chi connectivity index (χ0v) is 12.8. The van der Waals surface area contributed by atoms with E-state index in [-0.39, 0.29) is 16.9 Å². The molecule has 0 fully saturated rings. The highest BCUT2D eigenvalue weighted by Crippen LogP contribution is 2.39. The third-order valence-electron chi connectivity index (χ3n) is 3.37. The van der Waals surface area contributed by atoms with E-state index >= 15 is 0 Å². The predicted octanol–water partition coefficient (Wildman–Crippen LogP) is 4.48. The van der Waals surface area contributed by atoms with Crippen molar-refractivity contribution in [2.45, 2.75) is 10.3 Å². The van der Waals surface area contributed by atoms with Gasteiger partial charge in [0, 0.05) is 12.1 Å². The van der Waals surface area contributed by atoms with Gasteiger partial charge in [0.1, 0.15) is 11.6 Å². The van der Waals surface area contributed by atoms with Crippen LogP contribution in [0.3, 0.4) is 0 Å². The molecule has 2 aromatic carbocycles. The summed E-state index contributed by atoms with van der Waals surface area (Å²) in [5.74, 6) is -0.648. The Hall–Kier alpha value is -2.40. The fourth-order valence-corrected chi connectivity index (χ4v) is 3.38. The van der Waals surface area contributed by atoms with E-state index in [0.29, 0.717) is 5.03 Å². The smallest absolute Gasteiger partial charge is 0.252 e. The molecule has 5 heteroatoms. The third-order valence-corrected chi connectivity index (χ3v) is 4.71. The zero-order valence-electron chi connectivity index (χ0n) is 12.0. The molecule has 2 nitrogen and oxygen atoms in total. The standard InChI is InChI=1S/C18H13F2NOS/c19-15-8-4-13(5-9-15)18(14-6-10-16(20)11-7-14)23-17-3-1-2-12-21(17)22/h1-12,18H. The highest BCUT2D eigenvalue weighted by molar-refractivity contribution is 7.99. The van der Waals surface area contributed by atoms with Crippen molar-refractivity contribution < 1.29 is 13.5 Å². The fourth-order valence-electron chi connectivity index (χ4n) is 2.23. The summed E-state index contributed by atoms with van der Waals surface area (Å²) in [5, 5.41) is 12.2. The molecule has 0 aliphatic rings. The van der Waals surface area contributed by atoms with Crippen LogP contribution in [0.25, 0.3) is 0 Å². The zero-order chi connectivity index (χ0) is 16.2. The first kappa shape index (κ1) is 15.5. The van der Waals surface area contributed by atoms with Gasteiger partial charge < -0.3 is 5.21 Å². The number of nitrogens with zero attached hydrogens (tertiary/aromatic N) is 1. The Balaban J connectivity index is 2.01. The minimum absolute atomic E-state index is 0.237. The van der Waals surface area contributed by atoms with E-state index in [1.807, 2.05) is 0 Å². The van der Waals surface area contributed by atoms with Gasteiger partial charge in [-0.2, -0.15) is 4.73 Å². The molecule has 0 spiro atoms. The Bertz CT molecular complexity index is 745. The maximum atomic E-state index is 13.2. The first-order chi connectivity index (χ1) is 11.1. The van der Waals surface area contributed by atoms with Gasteiger partial charge in [0.25, 0.3) is 5.03 Å². The van der Waals surface area contributed by atoms with Crippen LogP contribution in [-0.2, 0) is 0 Å². The molecule has 0 aliphatic carbocycles.